The van der Waals surface area contributed by atoms with E-state index in [0.717, 1.165) is 23.9 Å². The smallest absolute Gasteiger partial charge is 0.156 e. The molecule has 0 fully saturated rings. The maximum atomic E-state index is 4.76. The number of hydrogen-bond donors (Lipinski definition) is 0. The lowest BCUT2D eigenvalue weighted by Crippen LogP contribution is -2.09. The summed E-state index contributed by atoms with van der Waals surface area (Å²) in [5.41, 5.74) is 0. The number of aromatic nitrogens is 3. The van der Waals surface area contributed by atoms with Crippen LogP contribution in [0.15, 0.2) is 21.6 Å². The van der Waals surface area contributed by atoms with Gasteiger partial charge in [-0.2, -0.15) is 0 Å². The van der Waals surface area contributed by atoms with Gasteiger partial charge in [0.25, 0.3) is 0 Å². The van der Waals surface area contributed by atoms with Gasteiger partial charge in [0, 0.05) is 6.42 Å². The van der Waals surface area contributed by atoms with E-state index in [1.807, 2.05) is 0 Å². The van der Waals surface area contributed by atoms with Gasteiger partial charge >= 0.3 is 0 Å². The third kappa shape index (κ3) is 4.46. The molecule has 0 N–H and O–H groups in total. The lowest BCUT2D eigenvalue weighted by molar-refractivity contribution is 0.644. The number of unbranched alkanes of at least 4 members (excludes halogenated alkanes) is 3. The van der Waals surface area contributed by atoms with Crippen molar-refractivity contribution in [1.29, 1.82) is 0 Å². The molecule has 3 heterocycles. The SMILES string of the molecule is CCCCCCc1nc(C2SC=CS2)nc(C2SC=CS2)n1. The van der Waals surface area contributed by atoms with E-state index in [2.05, 4.69) is 28.6 Å². The highest BCUT2D eigenvalue weighted by Gasteiger charge is 2.24. The maximum absolute atomic E-state index is 4.76. The fraction of sp³-hybridized carbons (Fsp3) is 0.533. The molecule has 0 amide bonds. The van der Waals surface area contributed by atoms with Crippen molar-refractivity contribution >= 4 is 47.0 Å². The van der Waals surface area contributed by atoms with Crippen LogP contribution in [0.2, 0.25) is 0 Å². The highest BCUT2D eigenvalue weighted by atomic mass is 32.2. The van der Waals surface area contributed by atoms with Gasteiger partial charge in [0.1, 0.15) is 15.0 Å². The topological polar surface area (TPSA) is 38.7 Å². The van der Waals surface area contributed by atoms with Gasteiger partial charge in [-0.3, -0.25) is 0 Å². The highest BCUT2D eigenvalue weighted by molar-refractivity contribution is 8.22. The molecule has 22 heavy (non-hydrogen) atoms. The summed E-state index contributed by atoms with van der Waals surface area (Å²) in [6.45, 7) is 2.24. The fourth-order valence-electron chi connectivity index (χ4n) is 2.21. The van der Waals surface area contributed by atoms with Crippen LogP contribution in [0.1, 0.15) is 59.2 Å². The Morgan fingerprint density at radius 2 is 1.32 bits per heavy atom. The second-order valence-corrected chi connectivity index (χ2v) is 9.69. The second-order valence-electron chi connectivity index (χ2n) is 5.03. The first kappa shape index (κ1) is 16.7. The van der Waals surface area contributed by atoms with Crippen molar-refractivity contribution in [2.75, 3.05) is 0 Å². The largest absolute Gasteiger partial charge is 0.216 e. The minimum absolute atomic E-state index is 0.292. The van der Waals surface area contributed by atoms with Crippen LogP contribution >= 0.6 is 47.0 Å². The first-order valence-electron chi connectivity index (χ1n) is 7.53. The second kappa shape index (κ2) is 8.66. The Hall–Kier alpha value is -0.110. The molecule has 118 valence electrons. The molecule has 3 nitrogen and oxygen atoms in total. The Morgan fingerprint density at radius 1 is 0.773 bits per heavy atom. The summed E-state index contributed by atoms with van der Waals surface area (Å²) in [4.78, 5) is 14.2. The molecule has 1 aromatic rings. The molecule has 0 unspecified atom stereocenters. The van der Waals surface area contributed by atoms with Gasteiger partial charge < -0.3 is 0 Å². The third-order valence-corrected chi connectivity index (χ3v) is 7.99. The van der Waals surface area contributed by atoms with Crippen LogP contribution in [0.4, 0.5) is 0 Å². The van der Waals surface area contributed by atoms with E-state index in [1.165, 1.54) is 25.7 Å². The van der Waals surface area contributed by atoms with E-state index in [4.69, 9.17) is 15.0 Å². The van der Waals surface area contributed by atoms with Crippen molar-refractivity contribution in [3.63, 3.8) is 0 Å². The van der Waals surface area contributed by atoms with Crippen LogP contribution < -0.4 is 0 Å². The summed E-state index contributed by atoms with van der Waals surface area (Å²) in [5, 5.41) is 8.50. The molecule has 0 aliphatic carbocycles. The first-order valence-corrected chi connectivity index (χ1v) is 11.3. The van der Waals surface area contributed by atoms with Crippen molar-refractivity contribution in [2.45, 2.75) is 48.2 Å². The maximum Gasteiger partial charge on any atom is 0.156 e. The molecule has 3 rings (SSSR count). The van der Waals surface area contributed by atoms with Crippen LogP contribution in [0.3, 0.4) is 0 Å². The van der Waals surface area contributed by atoms with Crippen LogP contribution in [0, 0.1) is 0 Å². The summed E-state index contributed by atoms with van der Waals surface area (Å²) in [6, 6.07) is 0. The summed E-state index contributed by atoms with van der Waals surface area (Å²) in [5.74, 6) is 2.84. The molecule has 7 heteroatoms. The molecule has 1 aromatic heterocycles. The predicted molar refractivity (Wildman–Crippen MR) is 102 cm³/mol. The first-order chi connectivity index (χ1) is 10.9. The van der Waals surface area contributed by atoms with Crippen LogP contribution in [0.25, 0.3) is 0 Å². The van der Waals surface area contributed by atoms with Crippen molar-refractivity contribution in [1.82, 2.24) is 15.0 Å². The van der Waals surface area contributed by atoms with E-state index in [9.17, 15) is 0 Å². The number of rotatable bonds is 7. The highest BCUT2D eigenvalue weighted by Crippen LogP contribution is 2.47. The van der Waals surface area contributed by atoms with Crippen LogP contribution in [-0.4, -0.2) is 15.0 Å². The Balaban J connectivity index is 1.74. The molecule has 2 aliphatic heterocycles. The van der Waals surface area contributed by atoms with Crippen molar-refractivity contribution in [3.8, 4) is 0 Å². The normalized spacial score (nSPS) is 18.6. The molecule has 0 spiro atoms. The Bertz CT molecular complexity index is 505. The summed E-state index contributed by atoms with van der Waals surface area (Å²) in [7, 11) is 0. The van der Waals surface area contributed by atoms with E-state index >= 15 is 0 Å². The van der Waals surface area contributed by atoms with Crippen LogP contribution in [-0.2, 0) is 6.42 Å². The Labute approximate surface area is 149 Å². The minimum atomic E-state index is 0.292. The minimum Gasteiger partial charge on any atom is -0.216 e. The van der Waals surface area contributed by atoms with Crippen molar-refractivity contribution in [2.24, 2.45) is 0 Å². The summed E-state index contributed by atoms with van der Waals surface area (Å²) >= 11 is 7.15. The molecule has 0 saturated heterocycles. The number of nitrogens with zero attached hydrogens (tertiary/aromatic N) is 3. The summed E-state index contributed by atoms with van der Waals surface area (Å²) < 4.78 is 0.584. The molecule has 0 radical (unpaired) electrons. The average Bonchev–Trinajstić information content (AvgIpc) is 3.24. The van der Waals surface area contributed by atoms with Gasteiger partial charge in [0.15, 0.2) is 11.6 Å². The van der Waals surface area contributed by atoms with E-state index in [-0.39, 0.29) is 0 Å². The van der Waals surface area contributed by atoms with E-state index in [0.29, 0.717) is 9.16 Å². The van der Waals surface area contributed by atoms with Gasteiger partial charge in [-0.25, -0.2) is 15.0 Å². The average molecular weight is 370 g/mol. The number of hydrogen-bond acceptors (Lipinski definition) is 7. The van der Waals surface area contributed by atoms with E-state index < -0.39 is 0 Å². The molecule has 2 aliphatic rings. The molecule has 0 saturated carbocycles. The van der Waals surface area contributed by atoms with Gasteiger partial charge in [-0.15, -0.1) is 47.0 Å². The van der Waals surface area contributed by atoms with Gasteiger partial charge in [0.2, 0.25) is 0 Å². The van der Waals surface area contributed by atoms with Gasteiger partial charge in [0.05, 0.1) is 0 Å². The van der Waals surface area contributed by atoms with Crippen molar-refractivity contribution in [3.05, 3.63) is 39.1 Å². The predicted octanol–water partition coefficient (Wildman–Crippen LogP) is 5.89. The van der Waals surface area contributed by atoms with Crippen molar-refractivity contribution < 1.29 is 0 Å². The zero-order chi connectivity index (χ0) is 15.2. The monoisotopic (exact) mass is 369 g/mol. The van der Waals surface area contributed by atoms with Crippen LogP contribution in [0.5, 0.6) is 0 Å². The molecule has 0 atom stereocenters. The standard InChI is InChI=1S/C15H19N3S4/c1-2-3-4-5-6-11-16-12(14-19-7-8-20-14)18-13(17-11)15-21-9-10-22-15/h7-10,14-15H,2-6H2,1H3. The zero-order valence-corrected chi connectivity index (χ0v) is 15.7. The Morgan fingerprint density at radius 3 is 1.82 bits per heavy atom. The van der Waals surface area contributed by atoms with E-state index in [1.54, 1.807) is 47.0 Å². The summed E-state index contributed by atoms with van der Waals surface area (Å²) in [6.07, 6.45) is 5.95. The lowest BCUT2D eigenvalue weighted by atomic mass is 10.1. The fourth-order valence-corrected chi connectivity index (χ4v) is 6.00. The number of aryl methyl sites for hydroxylation is 1. The molecule has 0 aromatic carbocycles. The van der Waals surface area contributed by atoms with Gasteiger partial charge in [-0.1, -0.05) is 26.2 Å². The lowest BCUT2D eigenvalue weighted by Gasteiger charge is -2.13. The quantitative estimate of drug-likeness (QED) is 0.554. The molecular formula is C15H19N3S4. The zero-order valence-electron chi connectivity index (χ0n) is 12.5. The third-order valence-electron chi connectivity index (χ3n) is 3.31. The molecular weight excluding hydrogens is 350 g/mol. The number of thioether (sulfide) groups is 4. The Kier molecular flexibility index (Phi) is 6.59. The molecule has 0 bridgehead atoms. The van der Waals surface area contributed by atoms with Gasteiger partial charge in [-0.05, 0) is 28.1 Å².